The van der Waals surface area contributed by atoms with Crippen LogP contribution in [-0.2, 0) is 14.3 Å². The quantitative estimate of drug-likeness (QED) is 0.684. The third kappa shape index (κ3) is 3.47. The highest BCUT2D eigenvalue weighted by Crippen LogP contribution is 2.37. The first-order valence-electron chi connectivity index (χ1n) is 6.95. The molecule has 19 heavy (non-hydrogen) atoms. The molecule has 0 aromatic heterocycles. The van der Waals surface area contributed by atoms with E-state index in [9.17, 15) is 9.59 Å². The van der Waals surface area contributed by atoms with E-state index in [1.54, 1.807) is 4.90 Å². The zero-order chi connectivity index (χ0) is 14.1. The number of rotatable bonds is 1. The van der Waals surface area contributed by atoms with Gasteiger partial charge in [0, 0.05) is 6.54 Å². The first-order valence-corrected chi connectivity index (χ1v) is 6.95. The minimum atomic E-state index is -0.483. The maximum atomic E-state index is 12.1. The van der Waals surface area contributed by atoms with Crippen molar-refractivity contribution in [2.24, 2.45) is 0 Å². The van der Waals surface area contributed by atoms with E-state index in [0.717, 1.165) is 32.0 Å². The predicted octanol–water partition coefficient (Wildman–Crippen LogP) is 2.13. The number of carbonyl (C=O) groups excluding carboxylic acids is 2. The molecule has 2 fully saturated rings. The minimum absolute atomic E-state index is 0.287. The van der Waals surface area contributed by atoms with Crippen LogP contribution < -0.4 is 0 Å². The summed E-state index contributed by atoms with van der Waals surface area (Å²) in [6.45, 7) is 6.81. The number of hydrogen-bond acceptors (Lipinski definition) is 4. The summed E-state index contributed by atoms with van der Waals surface area (Å²) in [5, 5.41) is 0. The van der Waals surface area contributed by atoms with Crippen molar-refractivity contribution >= 4 is 12.4 Å². The van der Waals surface area contributed by atoms with Crippen LogP contribution in [0.2, 0.25) is 0 Å². The number of nitrogens with zero attached hydrogens (tertiary/aromatic N) is 1. The molecule has 1 unspecified atom stereocenters. The number of hydrogen-bond donors (Lipinski definition) is 0. The Hall–Kier alpha value is -1.10. The fraction of sp³-hybridized carbons (Fsp3) is 0.857. The van der Waals surface area contributed by atoms with Gasteiger partial charge < -0.3 is 19.2 Å². The van der Waals surface area contributed by atoms with Crippen LogP contribution in [0.25, 0.3) is 0 Å². The monoisotopic (exact) mass is 269 g/mol. The third-order valence-electron chi connectivity index (χ3n) is 3.63. The smallest absolute Gasteiger partial charge is 0.410 e. The van der Waals surface area contributed by atoms with E-state index in [1.807, 2.05) is 20.8 Å². The van der Waals surface area contributed by atoms with Crippen LogP contribution in [0.4, 0.5) is 4.79 Å². The molecule has 2 saturated heterocycles. The molecule has 0 aromatic carbocycles. The van der Waals surface area contributed by atoms with Crippen molar-refractivity contribution in [3.63, 3.8) is 0 Å². The Balaban J connectivity index is 1.98. The van der Waals surface area contributed by atoms with E-state index in [-0.39, 0.29) is 17.8 Å². The Bertz CT molecular complexity index is 363. The van der Waals surface area contributed by atoms with Crippen molar-refractivity contribution in [3.8, 4) is 0 Å². The Kier molecular flexibility index (Phi) is 3.85. The summed E-state index contributed by atoms with van der Waals surface area (Å²) >= 11 is 0. The second kappa shape index (κ2) is 5.12. The lowest BCUT2D eigenvalue weighted by Gasteiger charge is -2.40. The summed E-state index contributed by atoms with van der Waals surface area (Å²) in [6, 6.07) is 0. The van der Waals surface area contributed by atoms with Gasteiger partial charge in [-0.15, -0.1) is 0 Å². The molecule has 0 bridgehead atoms. The SMILES string of the molecule is CC(C)(C)OC(=O)N1CCCC2(CC[C@@H](C=O)O2)C1. The summed E-state index contributed by atoms with van der Waals surface area (Å²) in [5.41, 5.74) is -0.815. The average molecular weight is 269 g/mol. The second-order valence-electron chi connectivity index (χ2n) is 6.52. The topological polar surface area (TPSA) is 55.8 Å². The van der Waals surface area contributed by atoms with Gasteiger partial charge in [0.05, 0.1) is 12.1 Å². The van der Waals surface area contributed by atoms with Crippen molar-refractivity contribution < 1.29 is 19.1 Å². The second-order valence-corrected chi connectivity index (χ2v) is 6.52. The van der Waals surface area contributed by atoms with E-state index in [1.165, 1.54) is 0 Å². The van der Waals surface area contributed by atoms with Gasteiger partial charge in [-0.3, -0.25) is 0 Å². The molecule has 108 valence electrons. The average Bonchev–Trinajstić information content (AvgIpc) is 2.70. The van der Waals surface area contributed by atoms with E-state index in [0.29, 0.717) is 13.1 Å². The zero-order valence-corrected chi connectivity index (χ0v) is 12.0. The summed E-state index contributed by atoms with van der Waals surface area (Å²) in [7, 11) is 0. The molecule has 0 radical (unpaired) electrons. The predicted molar refractivity (Wildman–Crippen MR) is 69.9 cm³/mol. The van der Waals surface area contributed by atoms with Gasteiger partial charge >= 0.3 is 6.09 Å². The summed E-state index contributed by atoms with van der Waals surface area (Å²) in [6.07, 6.45) is 3.67. The number of ether oxygens (including phenoxy) is 2. The highest BCUT2D eigenvalue weighted by molar-refractivity contribution is 5.68. The summed E-state index contributed by atoms with van der Waals surface area (Å²) < 4.78 is 11.2. The summed E-state index contributed by atoms with van der Waals surface area (Å²) in [5.74, 6) is 0. The lowest BCUT2D eigenvalue weighted by atomic mass is 9.90. The van der Waals surface area contributed by atoms with E-state index in [2.05, 4.69) is 0 Å². The summed E-state index contributed by atoms with van der Waals surface area (Å²) in [4.78, 5) is 24.6. The first kappa shape index (κ1) is 14.3. The number of likely N-dealkylation sites (tertiary alicyclic amines) is 1. The molecule has 2 aliphatic rings. The molecule has 0 saturated carbocycles. The maximum Gasteiger partial charge on any atom is 0.410 e. The van der Waals surface area contributed by atoms with Gasteiger partial charge in [0.25, 0.3) is 0 Å². The van der Waals surface area contributed by atoms with Crippen molar-refractivity contribution in [3.05, 3.63) is 0 Å². The molecule has 2 heterocycles. The molecule has 0 N–H and O–H groups in total. The number of amides is 1. The molecular formula is C14H23NO4. The van der Waals surface area contributed by atoms with Crippen LogP contribution in [0, 0.1) is 0 Å². The zero-order valence-electron chi connectivity index (χ0n) is 12.0. The number of aldehydes is 1. The Labute approximate surface area is 114 Å². The van der Waals surface area contributed by atoms with Crippen LogP contribution in [-0.4, -0.2) is 47.7 Å². The Morgan fingerprint density at radius 3 is 2.74 bits per heavy atom. The molecule has 0 aliphatic carbocycles. The van der Waals surface area contributed by atoms with Crippen molar-refractivity contribution in [2.45, 2.75) is 63.8 Å². The highest BCUT2D eigenvalue weighted by Gasteiger charge is 2.44. The van der Waals surface area contributed by atoms with Gasteiger partial charge in [-0.05, 0) is 46.5 Å². The van der Waals surface area contributed by atoms with Gasteiger partial charge in [-0.1, -0.05) is 0 Å². The van der Waals surface area contributed by atoms with E-state index in [4.69, 9.17) is 9.47 Å². The van der Waals surface area contributed by atoms with Crippen LogP contribution >= 0.6 is 0 Å². The van der Waals surface area contributed by atoms with Crippen molar-refractivity contribution in [1.29, 1.82) is 0 Å². The molecule has 1 amide bonds. The van der Waals surface area contributed by atoms with Crippen molar-refractivity contribution in [1.82, 2.24) is 4.90 Å². The van der Waals surface area contributed by atoms with Crippen LogP contribution in [0.1, 0.15) is 46.5 Å². The van der Waals surface area contributed by atoms with Crippen molar-refractivity contribution in [2.75, 3.05) is 13.1 Å². The molecule has 5 nitrogen and oxygen atoms in total. The standard InChI is InChI=1S/C14H23NO4/c1-13(2,3)19-12(17)15-8-4-6-14(10-15)7-5-11(9-16)18-14/h9,11H,4-8,10H2,1-3H3/t11-,14?/m0/s1. The maximum absolute atomic E-state index is 12.1. The first-order chi connectivity index (χ1) is 8.84. The van der Waals surface area contributed by atoms with Gasteiger partial charge in [0.15, 0.2) is 0 Å². The van der Waals surface area contributed by atoms with Crippen LogP contribution in [0.3, 0.4) is 0 Å². The van der Waals surface area contributed by atoms with E-state index < -0.39 is 5.60 Å². The normalized spacial score (nSPS) is 31.5. The lowest BCUT2D eigenvalue weighted by molar-refractivity contribution is -0.127. The van der Waals surface area contributed by atoms with Crippen LogP contribution in [0.15, 0.2) is 0 Å². The van der Waals surface area contributed by atoms with Crippen LogP contribution in [0.5, 0.6) is 0 Å². The van der Waals surface area contributed by atoms with Gasteiger partial charge in [-0.2, -0.15) is 0 Å². The molecular weight excluding hydrogens is 246 g/mol. The third-order valence-corrected chi connectivity index (χ3v) is 3.63. The Morgan fingerprint density at radius 1 is 1.42 bits per heavy atom. The molecule has 5 heteroatoms. The molecule has 2 rings (SSSR count). The lowest BCUT2D eigenvalue weighted by Crippen LogP contribution is -2.51. The minimum Gasteiger partial charge on any atom is -0.444 e. The van der Waals surface area contributed by atoms with Gasteiger partial charge in [0.2, 0.25) is 0 Å². The number of carbonyl (C=O) groups is 2. The molecule has 2 aliphatic heterocycles. The highest BCUT2D eigenvalue weighted by atomic mass is 16.6. The van der Waals surface area contributed by atoms with Gasteiger partial charge in [0.1, 0.15) is 18.0 Å². The largest absolute Gasteiger partial charge is 0.444 e. The fourth-order valence-electron chi connectivity index (χ4n) is 2.82. The molecule has 0 aromatic rings. The van der Waals surface area contributed by atoms with Gasteiger partial charge in [-0.25, -0.2) is 4.79 Å². The van der Waals surface area contributed by atoms with E-state index >= 15 is 0 Å². The number of piperidine rings is 1. The molecule has 2 atom stereocenters. The Morgan fingerprint density at radius 2 is 2.16 bits per heavy atom. The molecule has 1 spiro atoms. The fourth-order valence-corrected chi connectivity index (χ4v) is 2.82.